The Morgan fingerprint density at radius 1 is 1.38 bits per heavy atom. The molecule has 0 bridgehead atoms. The van der Waals surface area contributed by atoms with E-state index in [0.717, 1.165) is 24.3 Å². The number of aromatic nitrogens is 1. The molecule has 0 spiro atoms. The van der Waals surface area contributed by atoms with E-state index in [0.29, 0.717) is 23.5 Å². The zero-order valence-corrected chi connectivity index (χ0v) is 12.7. The lowest BCUT2D eigenvalue weighted by Gasteiger charge is -2.34. The first-order chi connectivity index (χ1) is 10.3. The summed E-state index contributed by atoms with van der Waals surface area (Å²) in [5.74, 6) is 0.619. The van der Waals surface area contributed by atoms with Gasteiger partial charge < -0.3 is 10.2 Å². The second kappa shape index (κ2) is 6.60. The zero-order chi connectivity index (χ0) is 14.7. The standard InChI is InChI=1S/C16H20ClN3O/c17-13-5-3-4-12(8-13)16-19-14(11-21-16)10-20-7-2-1-6-15(20)9-18/h3-5,8,11,15H,1-2,6-7,9-10,18H2. The van der Waals surface area contributed by atoms with Crippen LogP contribution in [0.25, 0.3) is 11.5 Å². The third kappa shape index (κ3) is 3.46. The first kappa shape index (κ1) is 14.6. The lowest BCUT2D eigenvalue weighted by Crippen LogP contribution is -2.43. The molecule has 4 nitrogen and oxygen atoms in total. The molecule has 1 unspecified atom stereocenters. The highest BCUT2D eigenvalue weighted by Gasteiger charge is 2.22. The van der Waals surface area contributed by atoms with Gasteiger partial charge in [-0.1, -0.05) is 24.1 Å². The van der Waals surface area contributed by atoms with Crippen LogP contribution in [0.5, 0.6) is 0 Å². The van der Waals surface area contributed by atoms with E-state index in [9.17, 15) is 0 Å². The van der Waals surface area contributed by atoms with Crippen LogP contribution in [-0.2, 0) is 6.54 Å². The van der Waals surface area contributed by atoms with E-state index in [1.54, 1.807) is 6.26 Å². The minimum Gasteiger partial charge on any atom is -0.444 e. The number of nitrogens with zero attached hydrogens (tertiary/aromatic N) is 2. The van der Waals surface area contributed by atoms with Crippen molar-refractivity contribution in [3.05, 3.63) is 41.2 Å². The second-order valence-electron chi connectivity index (χ2n) is 5.51. The minimum atomic E-state index is 0.463. The quantitative estimate of drug-likeness (QED) is 0.941. The monoisotopic (exact) mass is 305 g/mol. The van der Waals surface area contributed by atoms with Crippen molar-refractivity contribution in [1.82, 2.24) is 9.88 Å². The Labute approximate surface area is 129 Å². The average molecular weight is 306 g/mol. The number of nitrogens with two attached hydrogens (primary N) is 1. The van der Waals surface area contributed by atoms with E-state index in [1.165, 1.54) is 19.3 Å². The van der Waals surface area contributed by atoms with E-state index < -0.39 is 0 Å². The van der Waals surface area contributed by atoms with Crippen molar-refractivity contribution in [2.24, 2.45) is 5.73 Å². The van der Waals surface area contributed by atoms with Crippen LogP contribution in [0.2, 0.25) is 5.02 Å². The molecular weight excluding hydrogens is 286 g/mol. The summed E-state index contributed by atoms with van der Waals surface area (Å²) in [7, 11) is 0. The topological polar surface area (TPSA) is 55.3 Å². The van der Waals surface area contributed by atoms with Crippen molar-refractivity contribution in [3.63, 3.8) is 0 Å². The zero-order valence-electron chi connectivity index (χ0n) is 12.0. The largest absolute Gasteiger partial charge is 0.444 e. The smallest absolute Gasteiger partial charge is 0.226 e. The molecule has 112 valence electrons. The van der Waals surface area contributed by atoms with Gasteiger partial charge in [-0.05, 0) is 37.6 Å². The van der Waals surface area contributed by atoms with Crippen LogP contribution in [0.4, 0.5) is 0 Å². The highest BCUT2D eigenvalue weighted by atomic mass is 35.5. The number of hydrogen-bond acceptors (Lipinski definition) is 4. The number of halogens is 1. The highest BCUT2D eigenvalue weighted by molar-refractivity contribution is 6.30. The maximum Gasteiger partial charge on any atom is 0.226 e. The molecule has 21 heavy (non-hydrogen) atoms. The molecule has 0 aliphatic carbocycles. The number of hydrogen-bond donors (Lipinski definition) is 1. The van der Waals surface area contributed by atoms with Gasteiger partial charge in [0.1, 0.15) is 6.26 Å². The Balaban J connectivity index is 1.73. The summed E-state index contributed by atoms with van der Waals surface area (Å²) in [6.07, 6.45) is 5.41. The van der Waals surface area contributed by atoms with Gasteiger partial charge in [-0.3, -0.25) is 4.90 Å². The van der Waals surface area contributed by atoms with Gasteiger partial charge in [0.05, 0.1) is 5.69 Å². The Morgan fingerprint density at radius 2 is 2.29 bits per heavy atom. The molecule has 0 radical (unpaired) electrons. The van der Waals surface area contributed by atoms with Crippen LogP contribution in [-0.4, -0.2) is 29.0 Å². The van der Waals surface area contributed by atoms with Crippen molar-refractivity contribution in [1.29, 1.82) is 0 Å². The fourth-order valence-electron chi connectivity index (χ4n) is 2.88. The summed E-state index contributed by atoms with van der Waals surface area (Å²) in [6.45, 7) is 2.59. The lowest BCUT2D eigenvalue weighted by atomic mass is 10.0. The van der Waals surface area contributed by atoms with Crippen molar-refractivity contribution >= 4 is 11.6 Å². The highest BCUT2D eigenvalue weighted by Crippen LogP contribution is 2.24. The van der Waals surface area contributed by atoms with Crippen LogP contribution in [0.1, 0.15) is 25.0 Å². The number of oxazole rings is 1. The first-order valence-electron chi connectivity index (χ1n) is 7.41. The first-order valence-corrected chi connectivity index (χ1v) is 7.78. The predicted octanol–water partition coefficient (Wildman–Crippen LogP) is 3.31. The van der Waals surface area contributed by atoms with Crippen LogP contribution in [0.3, 0.4) is 0 Å². The van der Waals surface area contributed by atoms with E-state index >= 15 is 0 Å². The Hall–Kier alpha value is -1.36. The van der Waals surface area contributed by atoms with Gasteiger partial charge in [0.15, 0.2) is 0 Å². The summed E-state index contributed by atoms with van der Waals surface area (Å²) in [6, 6.07) is 8.02. The van der Waals surface area contributed by atoms with E-state index in [-0.39, 0.29) is 0 Å². The maximum absolute atomic E-state index is 6.00. The molecule has 1 aliphatic rings. The molecule has 2 heterocycles. The molecule has 0 amide bonds. The van der Waals surface area contributed by atoms with Gasteiger partial charge in [0, 0.05) is 29.7 Å². The molecule has 1 aliphatic heterocycles. The molecule has 0 saturated carbocycles. The van der Waals surface area contributed by atoms with Gasteiger partial charge >= 0.3 is 0 Å². The van der Waals surface area contributed by atoms with Crippen LogP contribution in [0.15, 0.2) is 34.9 Å². The van der Waals surface area contributed by atoms with E-state index in [4.69, 9.17) is 21.8 Å². The minimum absolute atomic E-state index is 0.463. The third-order valence-electron chi connectivity index (χ3n) is 4.01. The van der Waals surface area contributed by atoms with Gasteiger partial charge in [-0.2, -0.15) is 0 Å². The Morgan fingerprint density at radius 3 is 3.10 bits per heavy atom. The average Bonchev–Trinajstić information content (AvgIpc) is 2.96. The summed E-state index contributed by atoms with van der Waals surface area (Å²) in [4.78, 5) is 6.98. The summed E-state index contributed by atoms with van der Waals surface area (Å²) >= 11 is 6.00. The van der Waals surface area contributed by atoms with Gasteiger partial charge in [0.25, 0.3) is 0 Å². The van der Waals surface area contributed by atoms with Crippen molar-refractivity contribution in [2.75, 3.05) is 13.1 Å². The molecule has 1 saturated heterocycles. The molecule has 1 aromatic carbocycles. The van der Waals surface area contributed by atoms with Gasteiger partial charge in [-0.25, -0.2) is 4.98 Å². The number of rotatable bonds is 4. The van der Waals surface area contributed by atoms with Crippen molar-refractivity contribution < 1.29 is 4.42 Å². The number of benzene rings is 1. The predicted molar refractivity (Wildman–Crippen MR) is 84.1 cm³/mol. The SMILES string of the molecule is NCC1CCCCN1Cc1coc(-c2cccc(Cl)c2)n1. The third-order valence-corrected chi connectivity index (χ3v) is 4.24. The summed E-state index contributed by atoms with van der Waals surface area (Å²) < 4.78 is 5.59. The van der Waals surface area contributed by atoms with Gasteiger partial charge in [0.2, 0.25) is 5.89 Å². The fourth-order valence-corrected chi connectivity index (χ4v) is 3.07. The Bertz CT molecular complexity index is 599. The van der Waals surface area contributed by atoms with Crippen LogP contribution < -0.4 is 5.73 Å². The normalized spacial score (nSPS) is 19.8. The van der Waals surface area contributed by atoms with Crippen LogP contribution >= 0.6 is 11.6 Å². The second-order valence-corrected chi connectivity index (χ2v) is 5.95. The summed E-state index contributed by atoms with van der Waals surface area (Å²) in [5, 5.41) is 0.687. The Kier molecular flexibility index (Phi) is 4.58. The maximum atomic E-state index is 6.00. The van der Waals surface area contributed by atoms with Crippen molar-refractivity contribution in [3.8, 4) is 11.5 Å². The number of piperidine rings is 1. The van der Waals surface area contributed by atoms with Crippen molar-refractivity contribution in [2.45, 2.75) is 31.8 Å². The number of likely N-dealkylation sites (tertiary alicyclic amines) is 1. The molecule has 2 N–H and O–H groups in total. The fraction of sp³-hybridized carbons (Fsp3) is 0.438. The van der Waals surface area contributed by atoms with Crippen LogP contribution in [0, 0.1) is 0 Å². The molecular formula is C16H20ClN3O. The molecule has 1 fully saturated rings. The van der Waals surface area contributed by atoms with E-state index in [1.807, 2.05) is 24.3 Å². The molecule has 2 aromatic rings. The molecule has 1 atom stereocenters. The molecule has 1 aromatic heterocycles. The molecule has 5 heteroatoms. The van der Waals surface area contributed by atoms with E-state index in [2.05, 4.69) is 9.88 Å². The molecule has 3 rings (SSSR count). The lowest BCUT2D eigenvalue weighted by molar-refractivity contribution is 0.143. The van der Waals surface area contributed by atoms with Gasteiger partial charge in [-0.15, -0.1) is 0 Å². The summed E-state index contributed by atoms with van der Waals surface area (Å²) in [5.41, 5.74) is 7.71.